The standard InChI is InChI=1S/C17H21ClN4O/c1-3-4-5-10-19-16-11-15(20-12(2)21-16)17(23)22-14-8-6-13(18)7-9-14/h6-9,11H,3-5,10H2,1-2H3,(H,22,23)(H,19,20,21). The van der Waals surface area contributed by atoms with E-state index in [-0.39, 0.29) is 5.91 Å². The molecule has 1 heterocycles. The summed E-state index contributed by atoms with van der Waals surface area (Å²) in [5, 5.41) is 6.66. The number of nitrogens with zero attached hydrogens (tertiary/aromatic N) is 2. The minimum absolute atomic E-state index is 0.269. The third-order valence-electron chi connectivity index (χ3n) is 3.26. The number of anilines is 2. The highest BCUT2D eigenvalue weighted by Crippen LogP contribution is 2.15. The SMILES string of the molecule is CCCCCNc1cc(C(=O)Nc2ccc(Cl)cc2)nc(C)n1. The number of carbonyl (C=O) groups excluding carboxylic acids is 1. The molecule has 122 valence electrons. The van der Waals surface area contributed by atoms with Gasteiger partial charge in [0.25, 0.3) is 5.91 Å². The maximum absolute atomic E-state index is 12.3. The van der Waals surface area contributed by atoms with E-state index in [9.17, 15) is 4.79 Å². The third kappa shape index (κ3) is 5.53. The van der Waals surface area contributed by atoms with E-state index in [4.69, 9.17) is 11.6 Å². The largest absolute Gasteiger partial charge is 0.370 e. The summed E-state index contributed by atoms with van der Waals surface area (Å²) >= 11 is 5.84. The summed E-state index contributed by atoms with van der Waals surface area (Å²) in [5.41, 5.74) is 1.01. The molecule has 0 saturated carbocycles. The Bertz CT molecular complexity index is 658. The van der Waals surface area contributed by atoms with Crippen molar-refractivity contribution in [1.82, 2.24) is 9.97 Å². The predicted octanol–water partition coefficient (Wildman–Crippen LogP) is 4.29. The normalized spacial score (nSPS) is 10.4. The molecule has 0 aliphatic heterocycles. The lowest BCUT2D eigenvalue weighted by molar-refractivity contribution is 0.102. The molecule has 2 N–H and O–H groups in total. The van der Waals surface area contributed by atoms with Crippen LogP contribution in [0.25, 0.3) is 0 Å². The lowest BCUT2D eigenvalue weighted by Crippen LogP contribution is -2.16. The van der Waals surface area contributed by atoms with Crippen molar-refractivity contribution in [2.75, 3.05) is 17.2 Å². The average Bonchev–Trinajstić information content (AvgIpc) is 2.53. The average molecular weight is 333 g/mol. The molecule has 2 rings (SSSR count). The highest BCUT2D eigenvalue weighted by atomic mass is 35.5. The summed E-state index contributed by atoms with van der Waals surface area (Å²) in [6.45, 7) is 4.77. The van der Waals surface area contributed by atoms with E-state index < -0.39 is 0 Å². The van der Waals surface area contributed by atoms with Crippen LogP contribution in [0.1, 0.15) is 42.5 Å². The molecular weight excluding hydrogens is 312 g/mol. The first-order valence-corrected chi connectivity index (χ1v) is 8.12. The molecule has 0 spiro atoms. The molecule has 1 aromatic heterocycles. The van der Waals surface area contributed by atoms with Gasteiger partial charge in [0, 0.05) is 23.3 Å². The molecule has 23 heavy (non-hydrogen) atoms. The van der Waals surface area contributed by atoms with E-state index >= 15 is 0 Å². The number of amides is 1. The first kappa shape index (κ1) is 17.2. The molecular formula is C17H21ClN4O. The molecule has 5 nitrogen and oxygen atoms in total. The zero-order valence-corrected chi connectivity index (χ0v) is 14.2. The predicted molar refractivity (Wildman–Crippen MR) is 94.2 cm³/mol. The summed E-state index contributed by atoms with van der Waals surface area (Å²) in [7, 11) is 0. The Balaban J connectivity index is 2.04. The summed E-state index contributed by atoms with van der Waals surface area (Å²) in [4.78, 5) is 20.8. The molecule has 0 fully saturated rings. The highest BCUT2D eigenvalue weighted by Gasteiger charge is 2.11. The zero-order valence-electron chi connectivity index (χ0n) is 13.4. The third-order valence-corrected chi connectivity index (χ3v) is 3.51. The van der Waals surface area contributed by atoms with Gasteiger partial charge in [-0.3, -0.25) is 4.79 Å². The van der Waals surface area contributed by atoms with Gasteiger partial charge in [-0.05, 0) is 37.6 Å². The van der Waals surface area contributed by atoms with Gasteiger partial charge < -0.3 is 10.6 Å². The highest BCUT2D eigenvalue weighted by molar-refractivity contribution is 6.30. The van der Waals surface area contributed by atoms with Crippen molar-refractivity contribution < 1.29 is 4.79 Å². The van der Waals surface area contributed by atoms with Crippen LogP contribution in [0.15, 0.2) is 30.3 Å². The van der Waals surface area contributed by atoms with Crippen molar-refractivity contribution >= 4 is 29.0 Å². The Kier molecular flexibility index (Phi) is 6.35. The smallest absolute Gasteiger partial charge is 0.274 e. The molecule has 0 radical (unpaired) electrons. The molecule has 6 heteroatoms. The fourth-order valence-electron chi connectivity index (χ4n) is 2.09. The number of benzene rings is 1. The Morgan fingerprint density at radius 2 is 1.91 bits per heavy atom. The second-order valence-electron chi connectivity index (χ2n) is 5.28. The van der Waals surface area contributed by atoms with E-state index in [0.717, 1.165) is 13.0 Å². The van der Waals surface area contributed by atoms with Crippen molar-refractivity contribution in [3.63, 3.8) is 0 Å². The van der Waals surface area contributed by atoms with Crippen LogP contribution in [0.3, 0.4) is 0 Å². The number of unbranched alkanes of at least 4 members (excludes halogenated alkanes) is 2. The van der Waals surface area contributed by atoms with E-state index in [2.05, 4.69) is 27.5 Å². The molecule has 0 aliphatic carbocycles. The van der Waals surface area contributed by atoms with Gasteiger partial charge in [-0.2, -0.15) is 0 Å². The van der Waals surface area contributed by atoms with Gasteiger partial charge in [0.15, 0.2) is 0 Å². The van der Waals surface area contributed by atoms with E-state index in [1.807, 2.05) is 0 Å². The van der Waals surface area contributed by atoms with Crippen molar-refractivity contribution in [1.29, 1.82) is 0 Å². The fourth-order valence-corrected chi connectivity index (χ4v) is 2.22. The van der Waals surface area contributed by atoms with Crippen molar-refractivity contribution in [3.05, 3.63) is 46.9 Å². The molecule has 0 atom stereocenters. The Morgan fingerprint density at radius 1 is 1.17 bits per heavy atom. The molecule has 0 aliphatic rings. The first-order chi connectivity index (χ1) is 11.1. The van der Waals surface area contributed by atoms with Crippen LogP contribution in [-0.4, -0.2) is 22.4 Å². The van der Waals surface area contributed by atoms with E-state index in [1.165, 1.54) is 12.8 Å². The molecule has 0 unspecified atom stereocenters. The number of aromatic nitrogens is 2. The van der Waals surface area contributed by atoms with Crippen molar-refractivity contribution in [3.8, 4) is 0 Å². The van der Waals surface area contributed by atoms with Gasteiger partial charge in [-0.15, -0.1) is 0 Å². The first-order valence-electron chi connectivity index (χ1n) is 7.75. The Morgan fingerprint density at radius 3 is 2.61 bits per heavy atom. The number of nitrogens with one attached hydrogen (secondary N) is 2. The Hall–Kier alpha value is -2.14. The minimum atomic E-state index is -0.269. The van der Waals surface area contributed by atoms with Gasteiger partial charge in [-0.25, -0.2) is 9.97 Å². The number of rotatable bonds is 7. The summed E-state index contributed by atoms with van der Waals surface area (Å²) < 4.78 is 0. The maximum atomic E-state index is 12.3. The van der Waals surface area contributed by atoms with E-state index in [1.54, 1.807) is 37.3 Å². The molecule has 0 bridgehead atoms. The maximum Gasteiger partial charge on any atom is 0.274 e. The number of hydrogen-bond acceptors (Lipinski definition) is 4. The van der Waals surface area contributed by atoms with Crippen LogP contribution in [0.4, 0.5) is 11.5 Å². The lowest BCUT2D eigenvalue weighted by Gasteiger charge is -2.09. The van der Waals surface area contributed by atoms with E-state index in [0.29, 0.717) is 28.0 Å². The van der Waals surface area contributed by atoms with Crippen molar-refractivity contribution in [2.45, 2.75) is 33.1 Å². The van der Waals surface area contributed by atoms with Crippen LogP contribution < -0.4 is 10.6 Å². The van der Waals surface area contributed by atoms with Crippen LogP contribution in [0, 0.1) is 6.92 Å². The van der Waals surface area contributed by atoms with Crippen molar-refractivity contribution in [2.24, 2.45) is 0 Å². The van der Waals surface area contributed by atoms with Crippen LogP contribution in [-0.2, 0) is 0 Å². The minimum Gasteiger partial charge on any atom is -0.370 e. The summed E-state index contributed by atoms with van der Waals surface area (Å²) in [6.07, 6.45) is 3.41. The van der Waals surface area contributed by atoms with Gasteiger partial charge in [-0.1, -0.05) is 31.4 Å². The summed E-state index contributed by atoms with van der Waals surface area (Å²) in [5.74, 6) is 0.969. The monoisotopic (exact) mass is 332 g/mol. The van der Waals surface area contributed by atoms with Crippen LogP contribution in [0.5, 0.6) is 0 Å². The molecule has 0 saturated heterocycles. The topological polar surface area (TPSA) is 66.9 Å². The number of hydrogen-bond donors (Lipinski definition) is 2. The second kappa shape index (κ2) is 8.48. The summed E-state index contributed by atoms with van der Waals surface area (Å²) in [6, 6.07) is 8.62. The number of aryl methyl sites for hydroxylation is 1. The zero-order chi connectivity index (χ0) is 16.7. The molecule has 1 amide bonds. The second-order valence-corrected chi connectivity index (χ2v) is 5.72. The number of halogens is 1. The molecule has 1 aromatic carbocycles. The van der Waals surface area contributed by atoms with Crippen LogP contribution >= 0.6 is 11.6 Å². The van der Waals surface area contributed by atoms with Gasteiger partial charge in [0.2, 0.25) is 0 Å². The quantitative estimate of drug-likeness (QED) is 0.742. The lowest BCUT2D eigenvalue weighted by atomic mass is 10.2. The molecule has 2 aromatic rings. The Labute approximate surface area is 141 Å². The fraction of sp³-hybridized carbons (Fsp3) is 0.353. The van der Waals surface area contributed by atoms with Gasteiger partial charge in [0.05, 0.1) is 0 Å². The van der Waals surface area contributed by atoms with Crippen LogP contribution in [0.2, 0.25) is 5.02 Å². The van der Waals surface area contributed by atoms with Gasteiger partial charge in [0.1, 0.15) is 17.3 Å². The van der Waals surface area contributed by atoms with Gasteiger partial charge >= 0.3 is 0 Å². The number of carbonyl (C=O) groups is 1.